The summed E-state index contributed by atoms with van der Waals surface area (Å²) in [5.41, 5.74) is 0.254. The second kappa shape index (κ2) is 7.72. The predicted octanol–water partition coefficient (Wildman–Crippen LogP) is 4.05. The number of carbonyl (C=O) groups is 1. The number of likely N-dealkylation sites (tertiary alicyclic amines) is 1. The Kier molecular flexibility index (Phi) is 5.55. The number of rotatable bonds is 4. The Morgan fingerprint density at radius 2 is 2.04 bits per heavy atom. The van der Waals surface area contributed by atoms with Crippen molar-refractivity contribution in [2.75, 3.05) is 20.2 Å². The van der Waals surface area contributed by atoms with Crippen molar-refractivity contribution in [2.24, 2.45) is 5.92 Å². The van der Waals surface area contributed by atoms with Gasteiger partial charge in [0.25, 0.3) is 0 Å². The molecule has 2 heterocycles. The number of aryl methyl sites for hydroxylation is 1. The molecule has 0 saturated carbocycles. The number of benzene rings is 1. The van der Waals surface area contributed by atoms with Gasteiger partial charge in [0.1, 0.15) is 5.76 Å². The summed E-state index contributed by atoms with van der Waals surface area (Å²) < 4.78 is 49.1. The number of esters is 1. The Labute approximate surface area is 155 Å². The van der Waals surface area contributed by atoms with E-state index in [2.05, 4.69) is 9.88 Å². The SMILES string of the molecule is COC(=O)C1CCN(Cc2nc(-c3cccc(C(F)(F)F)c3)oc2C)CC1. The lowest BCUT2D eigenvalue weighted by molar-refractivity contribution is -0.147. The first-order valence-corrected chi connectivity index (χ1v) is 8.72. The zero-order chi connectivity index (χ0) is 19.6. The van der Waals surface area contributed by atoms with Crippen LogP contribution in [0.4, 0.5) is 13.2 Å². The van der Waals surface area contributed by atoms with Crippen LogP contribution in [0.5, 0.6) is 0 Å². The van der Waals surface area contributed by atoms with Crippen LogP contribution in [0.25, 0.3) is 11.5 Å². The zero-order valence-electron chi connectivity index (χ0n) is 15.2. The van der Waals surface area contributed by atoms with Crippen molar-refractivity contribution in [2.45, 2.75) is 32.5 Å². The standard InChI is InChI=1S/C19H21F3N2O3/c1-12-16(11-24-8-6-13(7-9-24)18(25)26-2)23-17(27-12)14-4-3-5-15(10-14)19(20,21)22/h3-5,10,13H,6-9,11H2,1-2H3. The molecule has 1 aromatic heterocycles. The number of piperidine rings is 1. The molecule has 0 aliphatic carbocycles. The van der Waals surface area contributed by atoms with E-state index >= 15 is 0 Å². The highest BCUT2D eigenvalue weighted by molar-refractivity contribution is 5.72. The minimum Gasteiger partial charge on any atom is -0.469 e. The van der Waals surface area contributed by atoms with E-state index in [1.807, 2.05) is 0 Å². The van der Waals surface area contributed by atoms with E-state index in [0.717, 1.165) is 25.2 Å². The van der Waals surface area contributed by atoms with Gasteiger partial charge in [0, 0.05) is 12.1 Å². The summed E-state index contributed by atoms with van der Waals surface area (Å²) >= 11 is 0. The van der Waals surface area contributed by atoms with Gasteiger partial charge in [-0.15, -0.1) is 0 Å². The number of carbonyl (C=O) groups excluding carboxylic acids is 1. The van der Waals surface area contributed by atoms with Crippen LogP contribution in [0.2, 0.25) is 0 Å². The number of nitrogens with zero attached hydrogens (tertiary/aromatic N) is 2. The summed E-state index contributed by atoms with van der Waals surface area (Å²) in [6.45, 7) is 3.73. The zero-order valence-corrected chi connectivity index (χ0v) is 15.2. The first kappa shape index (κ1) is 19.4. The topological polar surface area (TPSA) is 55.6 Å². The first-order chi connectivity index (χ1) is 12.8. The third kappa shape index (κ3) is 4.50. The number of aromatic nitrogens is 1. The molecule has 8 heteroatoms. The molecule has 1 fully saturated rings. The molecule has 1 aliphatic rings. The van der Waals surface area contributed by atoms with Crippen LogP contribution in [0.15, 0.2) is 28.7 Å². The van der Waals surface area contributed by atoms with Gasteiger partial charge in [-0.05, 0) is 51.1 Å². The highest BCUT2D eigenvalue weighted by atomic mass is 19.4. The van der Waals surface area contributed by atoms with E-state index in [4.69, 9.17) is 9.15 Å². The van der Waals surface area contributed by atoms with Gasteiger partial charge in [-0.3, -0.25) is 9.69 Å². The van der Waals surface area contributed by atoms with E-state index in [1.165, 1.54) is 13.2 Å². The fourth-order valence-electron chi connectivity index (χ4n) is 3.23. The van der Waals surface area contributed by atoms with Gasteiger partial charge in [0.2, 0.25) is 5.89 Å². The third-order valence-corrected chi connectivity index (χ3v) is 4.82. The quantitative estimate of drug-likeness (QED) is 0.747. The number of hydrogen-bond donors (Lipinski definition) is 0. The van der Waals surface area contributed by atoms with Crippen LogP contribution in [0.1, 0.15) is 29.9 Å². The average molecular weight is 382 g/mol. The Morgan fingerprint density at radius 3 is 2.67 bits per heavy atom. The van der Waals surface area contributed by atoms with Gasteiger partial charge in [-0.1, -0.05) is 6.07 Å². The van der Waals surface area contributed by atoms with Crippen molar-refractivity contribution >= 4 is 5.97 Å². The second-order valence-corrected chi connectivity index (χ2v) is 6.67. The predicted molar refractivity (Wildman–Crippen MR) is 91.7 cm³/mol. The van der Waals surface area contributed by atoms with Gasteiger partial charge < -0.3 is 9.15 Å². The fraction of sp³-hybridized carbons (Fsp3) is 0.474. The maximum absolute atomic E-state index is 12.9. The maximum Gasteiger partial charge on any atom is 0.416 e. The largest absolute Gasteiger partial charge is 0.469 e. The molecule has 1 aliphatic heterocycles. The number of hydrogen-bond acceptors (Lipinski definition) is 5. The van der Waals surface area contributed by atoms with Gasteiger partial charge in [-0.25, -0.2) is 4.98 Å². The Hall–Kier alpha value is -2.35. The fourth-order valence-corrected chi connectivity index (χ4v) is 3.23. The van der Waals surface area contributed by atoms with Gasteiger partial charge in [0.15, 0.2) is 0 Å². The summed E-state index contributed by atoms with van der Waals surface area (Å²) in [5, 5.41) is 0. The average Bonchev–Trinajstić information content (AvgIpc) is 3.02. The number of alkyl halides is 3. The lowest BCUT2D eigenvalue weighted by atomic mass is 9.97. The molecule has 1 saturated heterocycles. The molecule has 27 heavy (non-hydrogen) atoms. The number of halogens is 3. The third-order valence-electron chi connectivity index (χ3n) is 4.82. The van der Waals surface area contributed by atoms with Crippen molar-refractivity contribution in [3.63, 3.8) is 0 Å². The van der Waals surface area contributed by atoms with Crippen LogP contribution in [-0.4, -0.2) is 36.1 Å². The molecule has 2 aromatic rings. The van der Waals surface area contributed by atoms with E-state index in [-0.39, 0.29) is 17.8 Å². The van der Waals surface area contributed by atoms with Crippen LogP contribution >= 0.6 is 0 Å². The van der Waals surface area contributed by atoms with Crippen molar-refractivity contribution in [1.29, 1.82) is 0 Å². The summed E-state index contributed by atoms with van der Waals surface area (Å²) in [6, 6.07) is 4.95. The smallest absolute Gasteiger partial charge is 0.416 e. The maximum atomic E-state index is 12.9. The number of methoxy groups -OCH3 is 1. The summed E-state index contributed by atoms with van der Waals surface area (Å²) in [4.78, 5) is 18.1. The summed E-state index contributed by atoms with van der Waals surface area (Å²) in [6.07, 6.45) is -2.99. The highest BCUT2D eigenvalue weighted by Gasteiger charge is 2.31. The number of ether oxygens (including phenoxy) is 1. The van der Waals surface area contributed by atoms with Crippen molar-refractivity contribution in [3.05, 3.63) is 41.3 Å². The summed E-state index contributed by atoms with van der Waals surface area (Å²) in [5.74, 6) is 0.500. The Bertz CT molecular complexity index is 809. The molecular weight excluding hydrogens is 361 g/mol. The Morgan fingerprint density at radius 1 is 1.33 bits per heavy atom. The lowest BCUT2D eigenvalue weighted by Crippen LogP contribution is -2.36. The second-order valence-electron chi connectivity index (χ2n) is 6.67. The van der Waals surface area contributed by atoms with E-state index in [0.29, 0.717) is 36.4 Å². The highest BCUT2D eigenvalue weighted by Crippen LogP contribution is 2.32. The van der Waals surface area contributed by atoms with Crippen molar-refractivity contribution in [3.8, 4) is 11.5 Å². The van der Waals surface area contributed by atoms with Crippen LogP contribution in [-0.2, 0) is 22.3 Å². The Balaban J connectivity index is 1.70. The molecule has 146 valence electrons. The van der Waals surface area contributed by atoms with Crippen LogP contribution < -0.4 is 0 Å². The molecule has 3 rings (SSSR count). The number of oxazole rings is 1. The monoisotopic (exact) mass is 382 g/mol. The van der Waals surface area contributed by atoms with Gasteiger partial charge in [0.05, 0.1) is 24.3 Å². The van der Waals surface area contributed by atoms with Gasteiger partial charge in [-0.2, -0.15) is 13.2 Å². The van der Waals surface area contributed by atoms with Crippen LogP contribution in [0, 0.1) is 12.8 Å². The molecular formula is C19H21F3N2O3. The molecule has 0 radical (unpaired) electrons. The van der Waals surface area contributed by atoms with E-state index in [1.54, 1.807) is 13.0 Å². The van der Waals surface area contributed by atoms with Crippen LogP contribution in [0.3, 0.4) is 0 Å². The molecule has 0 spiro atoms. The van der Waals surface area contributed by atoms with E-state index in [9.17, 15) is 18.0 Å². The van der Waals surface area contributed by atoms with Crippen molar-refractivity contribution in [1.82, 2.24) is 9.88 Å². The molecule has 1 aromatic carbocycles. The summed E-state index contributed by atoms with van der Waals surface area (Å²) in [7, 11) is 1.39. The van der Waals surface area contributed by atoms with Gasteiger partial charge >= 0.3 is 12.1 Å². The molecule has 0 N–H and O–H groups in total. The minimum atomic E-state index is -4.41. The normalized spacial score (nSPS) is 16.5. The molecule has 5 nitrogen and oxygen atoms in total. The lowest BCUT2D eigenvalue weighted by Gasteiger charge is -2.29. The minimum absolute atomic E-state index is 0.0784. The molecule has 0 atom stereocenters. The van der Waals surface area contributed by atoms with E-state index < -0.39 is 11.7 Å². The molecule has 0 bridgehead atoms. The molecule has 0 amide bonds. The molecule has 0 unspecified atom stereocenters. The first-order valence-electron chi connectivity index (χ1n) is 8.72. The van der Waals surface area contributed by atoms with Crippen molar-refractivity contribution < 1.29 is 27.1 Å².